The molecule has 1 amide bonds. The van der Waals surface area contributed by atoms with Crippen LogP contribution in [0.5, 0.6) is 0 Å². The molecule has 0 spiro atoms. The Labute approximate surface area is 115 Å². The molecule has 116 valence electrons. The van der Waals surface area contributed by atoms with E-state index in [1.165, 1.54) is 13.8 Å². The van der Waals surface area contributed by atoms with Gasteiger partial charge in [-0.3, -0.25) is 4.79 Å². The second kappa shape index (κ2) is 6.95. The first-order valence-corrected chi connectivity index (χ1v) is 6.05. The number of hydrogen-bond donors (Lipinski definition) is 5. The maximum Gasteiger partial charge on any atom is 0.332 e. The van der Waals surface area contributed by atoms with Gasteiger partial charge >= 0.3 is 5.97 Å². The van der Waals surface area contributed by atoms with E-state index in [1.54, 1.807) is 0 Å². The summed E-state index contributed by atoms with van der Waals surface area (Å²) in [5, 5.41) is 40.0. The number of ether oxygens (including phenoxy) is 2. The lowest BCUT2D eigenvalue weighted by atomic mass is 9.96. The quantitative estimate of drug-likeness (QED) is 0.371. The Morgan fingerprint density at radius 2 is 2.00 bits per heavy atom. The van der Waals surface area contributed by atoms with E-state index in [0.29, 0.717) is 0 Å². The lowest BCUT2D eigenvalue weighted by Crippen LogP contribution is -2.65. The normalized spacial score (nSPS) is 35.4. The van der Waals surface area contributed by atoms with Crippen molar-refractivity contribution in [1.82, 2.24) is 5.32 Å². The van der Waals surface area contributed by atoms with Crippen molar-refractivity contribution in [3.63, 3.8) is 0 Å². The van der Waals surface area contributed by atoms with Crippen LogP contribution in [0, 0.1) is 0 Å². The Hall–Kier alpha value is -1.26. The molecule has 0 aromatic rings. The molecule has 20 heavy (non-hydrogen) atoms. The van der Waals surface area contributed by atoms with Crippen LogP contribution in [0.3, 0.4) is 0 Å². The van der Waals surface area contributed by atoms with Gasteiger partial charge in [-0.2, -0.15) is 0 Å². The van der Waals surface area contributed by atoms with Crippen LogP contribution in [-0.2, 0) is 19.1 Å². The van der Waals surface area contributed by atoms with Crippen molar-refractivity contribution in [2.45, 2.75) is 50.6 Å². The molecule has 1 fully saturated rings. The Balaban J connectivity index is 2.92. The van der Waals surface area contributed by atoms with Crippen LogP contribution < -0.4 is 5.32 Å². The summed E-state index contributed by atoms with van der Waals surface area (Å²) in [6, 6.07) is -1.15. The molecule has 1 aliphatic heterocycles. The van der Waals surface area contributed by atoms with Crippen LogP contribution >= 0.6 is 0 Å². The lowest BCUT2D eigenvalue weighted by molar-refractivity contribution is -0.267. The Bertz CT molecular complexity index is 362. The third-order valence-electron chi connectivity index (χ3n) is 2.95. The first-order valence-electron chi connectivity index (χ1n) is 6.05. The number of carbonyl (C=O) groups is 2. The second-order valence-electron chi connectivity index (χ2n) is 4.55. The van der Waals surface area contributed by atoms with Crippen LogP contribution in [-0.4, -0.2) is 75.7 Å². The van der Waals surface area contributed by atoms with E-state index >= 15 is 0 Å². The van der Waals surface area contributed by atoms with Gasteiger partial charge in [-0.25, -0.2) is 4.79 Å². The predicted molar refractivity (Wildman–Crippen MR) is 63.5 cm³/mol. The van der Waals surface area contributed by atoms with Crippen LogP contribution in [0.4, 0.5) is 0 Å². The number of amides is 1. The number of aliphatic hydroxyl groups is 3. The van der Waals surface area contributed by atoms with E-state index in [9.17, 15) is 19.8 Å². The minimum atomic E-state index is -1.54. The van der Waals surface area contributed by atoms with Crippen LogP contribution in [0.1, 0.15) is 13.8 Å². The third-order valence-corrected chi connectivity index (χ3v) is 2.95. The van der Waals surface area contributed by atoms with Gasteiger partial charge in [-0.15, -0.1) is 0 Å². The molecule has 0 aromatic heterocycles. The van der Waals surface area contributed by atoms with Crippen molar-refractivity contribution in [2.75, 3.05) is 6.61 Å². The molecule has 0 aliphatic carbocycles. The fourth-order valence-corrected chi connectivity index (χ4v) is 1.93. The molecule has 1 saturated heterocycles. The largest absolute Gasteiger partial charge is 0.479 e. The van der Waals surface area contributed by atoms with Crippen LogP contribution in [0.2, 0.25) is 0 Å². The second-order valence-corrected chi connectivity index (χ2v) is 4.55. The van der Waals surface area contributed by atoms with E-state index in [2.05, 4.69) is 5.32 Å². The Morgan fingerprint density at radius 3 is 2.45 bits per heavy atom. The zero-order valence-corrected chi connectivity index (χ0v) is 11.1. The summed E-state index contributed by atoms with van der Waals surface area (Å²) < 4.78 is 10.1. The fraction of sp³-hybridized carbons (Fsp3) is 0.818. The number of nitrogens with one attached hydrogen (secondary N) is 1. The number of carbonyl (C=O) groups excluding carboxylic acids is 1. The van der Waals surface area contributed by atoms with Crippen LogP contribution in [0.25, 0.3) is 0 Å². The third kappa shape index (κ3) is 3.87. The van der Waals surface area contributed by atoms with E-state index in [-0.39, 0.29) is 0 Å². The van der Waals surface area contributed by atoms with Crippen molar-refractivity contribution < 1.29 is 39.5 Å². The number of rotatable bonds is 5. The fourth-order valence-electron chi connectivity index (χ4n) is 1.93. The van der Waals surface area contributed by atoms with E-state index < -0.39 is 55.2 Å². The molecule has 1 heterocycles. The first kappa shape index (κ1) is 16.8. The molecule has 9 heteroatoms. The number of carboxylic acids is 1. The highest BCUT2D eigenvalue weighted by Crippen LogP contribution is 2.23. The molecular weight excluding hydrogens is 274 g/mol. The van der Waals surface area contributed by atoms with Gasteiger partial charge < -0.3 is 35.2 Å². The van der Waals surface area contributed by atoms with Crippen LogP contribution in [0.15, 0.2) is 0 Å². The highest BCUT2D eigenvalue weighted by Gasteiger charge is 2.46. The molecule has 1 aliphatic rings. The van der Waals surface area contributed by atoms with Gasteiger partial charge in [-0.05, 0) is 6.92 Å². The summed E-state index contributed by atoms with van der Waals surface area (Å²) in [6.07, 6.45) is -6.57. The summed E-state index contributed by atoms with van der Waals surface area (Å²) >= 11 is 0. The summed E-state index contributed by atoms with van der Waals surface area (Å²) in [6.45, 7) is 1.84. The standard InChI is InChI=1S/C11H19NO8/c1-4(10(16)17)19-9-7(12-5(2)14)11(18)20-6(3-13)8(9)15/h4,6-9,11,13,15,18H,3H2,1-2H3,(H,12,14)(H,16,17)/t4?,6?,7?,8-,9+,11+/m0/s1. The highest BCUT2D eigenvalue weighted by molar-refractivity contribution is 5.73. The molecule has 6 atom stereocenters. The van der Waals surface area contributed by atoms with Crippen molar-refractivity contribution >= 4 is 11.9 Å². The van der Waals surface area contributed by atoms with Crippen molar-refractivity contribution in [3.8, 4) is 0 Å². The minimum absolute atomic E-state index is 0.510. The maximum absolute atomic E-state index is 11.1. The number of aliphatic carboxylic acids is 1. The molecular formula is C11H19NO8. The van der Waals surface area contributed by atoms with Gasteiger partial charge in [0, 0.05) is 6.92 Å². The van der Waals surface area contributed by atoms with Gasteiger partial charge in [-0.1, -0.05) is 0 Å². The molecule has 1 rings (SSSR count). The molecule has 0 saturated carbocycles. The van der Waals surface area contributed by atoms with E-state index in [4.69, 9.17) is 19.7 Å². The summed E-state index contributed by atoms with van der Waals surface area (Å²) in [4.78, 5) is 21.9. The molecule has 9 nitrogen and oxygen atoms in total. The molecule has 3 unspecified atom stereocenters. The first-order chi connectivity index (χ1) is 9.27. The van der Waals surface area contributed by atoms with Crippen molar-refractivity contribution in [1.29, 1.82) is 0 Å². The Kier molecular flexibility index (Phi) is 5.84. The highest BCUT2D eigenvalue weighted by atomic mass is 16.6. The van der Waals surface area contributed by atoms with Crippen molar-refractivity contribution in [2.24, 2.45) is 0 Å². The Morgan fingerprint density at radius 1 is 1.40 bits per heavy atom. The lowest BCUT2D eigenvalue weighted by Gasteiger charge is -2.42. The van der Waals surface area contributed by atoms with Gasteiger partial charge in [0.05, 0.1) is 6.61 Å². The topological polar surface area (TPSA) is 146 Å². The van der Waals surface area contributed by atoms with Gasteiger partial charge in [0.15, 0.2) is 12.4 Å². The molecule has 5 N–H and O–H groups in total. The average Bonchev–Trinajstić information content (AvgIpc) is 2.36. The number of carboxylic acid groups (broad SMARTS) is 1. The SMILES string of the molecule is CC(=O)NC1[C@H](O)OC(CO)[C@H](O)[C@@H]1OC(C)C(=O)O. The summed E-state index contributed by atoms with van der Waals surface area (Å²) in [5.41, 5.74) is 0. The number of aliphatic hydroxyl groups excluding tert-OH is 3. The zero-order valence-electron chi connectivity index (χ0n) is 11.1. The van der Waals surface area contributed by atoms with Gasteiger partial charge in [0.2, 0.25) is 5.91 Å². The summed E-state index contributed by atoms with van der Waals surface area (Å²) in [5.74, 6) is -1.77. The number of hydrogen-bond acceptors (Lipinski definition) is 7. The smallest absolute Gasteiger partial charge is 0.332 e. The maximum atomic E-state index is 11.1. The minimum Gasteiger partial charge on any atom is -0.479 e. The molecule has 0 aromatic carbocycles. The molecule has 0 bridgehead atoms. The van der Waals surface area contributed by atoms with Gasteiger partial charge in [0.1, 0.15) is 24.4 Å². The average molecular weight is 293 g/mol. The van der Waals surface area contributed by atoms with Crippen molar-refractivity contribution in [3.05, 3.63) is 0 Å². The van der Waals surface area contributed by atoms with Gasteiger partial charge in [0.25, 0.3) is 0 Å². The van der Waals surface area contributed by atoms with E-state index in [0.717, 1.165) is 0 Å². The summed E-state index contributed by atoms with van der Waals surface area (Å²) in [7, 11) is 0. The predicted octanol–water partition coefficient (Wildman–Crippen LogP) is -2.58. The molecule has 0 radical (unpaired) electrons. The zero-order chi connectivity index (χ0) is 15.4. The van der Waals surface area contributed by atoms with E-state index in [1.807, 2.05) is 0 Å². The monoisotopic (exact) mass is 293 g/mol.